The van der Waals surface area contributed by atoms with E-state index in [1.165, 1.54) is 24.1 Å². The highest BCUT2D eigenvalue weighted by Crippen LogP contribution is 2.21. The van der Waals surface area contributed by atoms with Gasteiger partial charge in [-0.15, -0.1) is 0 Å². The van der Waals surface area contributed by atoms with Crippen LogP contribution in [0.4, 0.5) is 4.39 Å². The van der Waals surface area contributed by atoms with Crippen molar-refractivity contribution in [3.8, 4) is 0 Å². The van der Waals surface area contributed by atoms with Crippen LogP contribution < -0.4 is 0 Å². The van der Waals surface area contributed by atoms with Crippen LogP contribution in [0.3, 0.4) is 0 Å². The Morgan fingerprint density at radius 1 is 1.33 bits per heavy atom. The van der Waals surface area contributed by atoms with E-state index in [9.17, 15) is 9.18 Å². The first-order chi connectivity index (χ1) is 10.0. The highest BCUT2D eigenvalue weighted by molar-refractivity contribution is 5.78. The predicted octanol–water partition coefficient (Wildman–Crippen LogP) is 2.56. The first kappa shape index (κ1) is 16.0. The van der Waals surface area contributed by atoms with Gasteiger partial charge in [0.15, 0.2) is 0 Å². The van der Waals surface area contributed by atoms with Crippen molar-refractivity contribution < 1.29 is 9.18 Å². The predicted molar refractivity (Wildman–Crippen MR) is 82.6 cm³/mol. The Morgan fingerprint density at radius 3 is 2.71 bits per heavy atom. The number of aryl methyl sites for hydroxylation is 1. The molecule has 1 aromatic carbocycles. The van der Waals surface area contributed by atoms with Gasteiger partial charge in [0.05, 0.1) is 6.54 Å². The molecular formula is C17H25FN2O. The zero-order valence-corrected chi connectivity index (χ0v) is 13.0. The summed E-state index contributed by atoms with van der Waals surface area (Å²) in [6.07, 6.45) is 4.30. The Hall–Kier alpha value is -1.42. The summed E-state index contributed by atoms with van der Waals surface area (Å²) in [6.45, 7) is 2.25. The quantitative estimate of drug-likeness (QED) is 0.833. The van der Waals surface area contributed by atoms with E-state index >= 15 is 0 Å². The standard InChI is InChI=1S/C17H25FN2O/c1-19(2)13-17(21)20-11-3-4-15(12-20)6-5-14-7-9-16(18)10-8-14/h7-10,15H,3-6,11-13H2,1-2H3. The van der Waals surface area contributed by atoms with Crippen LogP contribution in [0.15, 0.2) is 24.3 Å². The van der Waals surface area contributed by atoms with Crippen LogP contribution in [0.5, 0.6) is 0 Å². The van der Waals surface area contributed by atoms with E-state index in [1.54, 1.807) is 0 Å². The van der Waals surface area contributed by atoms with Crippen LogP contribution in [0.25, 0.3) is 0 Å². The molecule has 0 saturated carbocycles. The number of hydrogen-bond acceptors (Lipinski definition) is 2. The molecule has 1 unspecified atom stereocenters. The zero-order chi connectivity index (χ0) is 15.2. The van der Waals surface area contributed by atoms with E-state index in [2.05, 4.69) is 0 Å². The van der Waals surface area contributed by atoms with Gasteiger partial charge < -0.3 is 9.80 Å². The van der Waals surface area contributed by atoms with Gasteiger partial charge in [-0.1, -0.05) is 12.1 Å². The summed E-state index contributed by atoms with van der Waals surface area (Å²) in [5.41, 5.74) is 1.17. The third-order valence-corrected chi connectivity index (χ3v) is 4.08. The van der Waals surface area contributed by atoms with E-state index < -0.39 is 0 Å². The lowest BCUT2D eigenvalue weighted by Crippen LogP contribution is -2.43. The van der Waals surface area contributed by atoms with E-state index in [0.29, 0.717) is 12.5 Å². The lowest BCUT2D eigenvalue weighted by molar-refractivity contribution is -0.133. The summed E-state index contributed by atoms with van der Waals surface area (Å²) in [5.74, 6) is 0.610. The molecule has 1 aliphatic rings. The average Bonchev–Trinajstić information content (AvgIpc) is 2.46. The highest BCUT2D eigenvalue weighted by atomic mass is 19.1. The van der Waals surface area contributed by atoms with Crippen LogP contribution in [0.2, 0.25) is 0 Å². The minimum atomic E-state index is -0.183. The van der Waals surface area contributed by atoms with Gasteiger partial charge >= 0.3 is 0 Å². The van der Waals surface area contributed by atoms with Gasteiger partial charge in [0.25, 0.3) is 0 Å². The van der Waals surface area contributed by atoms with E-state index in [4.69, 9.17) is 0 Å². The third kappa shape index (κ3) is 5.12. The van der Waals surface area contributed by atoms with Crippen molar-refractivity contribution in [2.45, 2.75) is 25.7 Å². The summed E-state index contributed by atoms with van der Waals surface area (Å²) in [5, 5.41) is 0. The molecule has 3 nitrogen and oxygen atoms in total. The minimum Gasteiger partial charge on any atom is -0.341 e. The summed E-state index contributed by atoms with van der Waals surface area (Å²) >= 11 is 0. The molecule has 0 radical (unpaired) electrons. The SMILES string of the molecule is CN(C)CC(=O)N1CCCC(CCc2ccc(F)cc2)C1. The van der Waals surface area contributed by atoms with E-state index in [-0.39, 0.29) is 11.7 Å². The van der Waals surface area contributed by atoms with Crippen molar-refractivity contribution in [1.82, 2.24) is 9.80 Å². The summed E-state index contributed by atoms with van der Waals surface area (Å²) in [7, 11) is 3.85. The lowest BCUT2D eigenvalue weighted by atomic mass is 9.91. The van der Waals surface area contributed by atoms with Crippen molar-refractivity contribution in [3.05, 3.63) is 35.6 Å². The molecule has 21 heavy (non-hydrogen) atoms. The fourth-order valence-electron chi connectivity index (χ4n) is 2.92. The van der Waals surface area contributed by atoms with Gasteiger partial charge in [-0.2, -0.15) is 0 Å². The lowest BCUT2D eigenvalue weighted by Gasteiger charge is -2.33. The maximum atomic E-state index is 12.9. The Kier molecular flexibility index (Phi) is 5.74. The number of piperidine rings is 1. The molecule has 0 spiro atoms. The maximum absolute atomic E-state index is 12.9. The summed E-state index contributed by atoms with van der Waals surface area (Å²) in [6, 6.07) is 6.74. The molecule has 4 heteroatoms. The van der Waals surface area contributed by atoms with Crippen molar-refractivity contribution in [1.29, 1.82) is 0 Å². The molecule has 116 valence electrons. The van der Waals surface area contributed by atoms with E-state index in [1.807, 2.05) is 36.0 Å². The minimum absolute atomic E-state index is 0.183. The number of likely N-dealkylation sites (tertiary alicyclic amines) is 1. The Bertz CT molecular complexity index is 458. The average molecular weight is 292 g/mol. The van der Waals surface area contributed by atoms with Crippen LogP contribution in [-0.4, -0.2) is 49.4 Å². The number of nitrogens with zero attached hydrogens (tertiary/aromatic N) is 2. The number of halogens is 1. The van der Waals surface area contributed by atoms with Gasteiger partial charge in [0.1, 0.15) is 5.82 Å². The van der Waals surface area contributed by atoms with Crippen molar-refractivity contribution in [2.75, 3.05) is 33.7 Å². The summed E-state index contributed by atoms with van der Waals surface area (Å²) in [4.78, 5) is 16.0. The number of rotatable bonds is 5. The van der Waals surface area contributed by atoms with Gasteiger partial charge in [0.2, 0.25) is 5.91 Å². The van der Waals surface area contributed by atoms with Gasteiger partial charge in [0, 0.05) is 13.1 Å². The Balaban J connectivity index is 1.81. The monoisotopic (exact) mass is 292 g/mol. The number of carbonyl (C=O) groups is 1. The third-order valence-electron chi connectivity index (χ3n) is 4.08. The second kappa shape index (κ2) is 7.55. The molecule has 0 aliphatic carbocycles. The zero-order valence-electron chi connectivity index (χ0n) is 13.0. The molecule has 2 rings (SSSR count). The van der Waals surface area contributed by atoms with Crippen LogP contribution in [0, 0.1) is 11.7 Å². The molecule has 1 saturated heterocycles. The molecule has 1 aliphatic heterocycles. The fraction of sp³-hybridized carbons (Fsp3) is 0.588. The molecule has 1 amide bonds. The van der Waals surface area contributed by atoms with Gasteiger partial charge in [-0.05, 0) is 63.4 Å². The molecule has 1 aromatic rings. The largest absolute Gasteiger partial charge is 0.341 e. The summed E-state index contributed by atoms with van der Waals surface area (Å²) < 4.78 is 12.9. The van der Waals surface area contributed by atoms with Crippen molar-refractivity contribution in [3.63, 3.8) is 0 Å². The van der Waals surface area contributed by atoms with Crippen molar-refractivity contribution >= 4 is 5.91 Å². The fourth-order valence-corrected chi connectivity index (χ4v) is 2.92. The Labute approximate surface area is 126 Å². The second-order valence-corrected chi connectivity index (χ2v) is 6.25. The normalized spacial score (nSPS) is 19.0. The van der Waals surface area contributed by atoms with Crippen LogP contribution >= 0.6 is 0 Å². The molecule has 0 N–H and O–H groups in total. The molecular weight excluding hydrogens is 267 g/mol. The number of likely N-dealkylation sites (N-methyl/N-ethyl adjacent to an activating group) is 1. The number of hydrogen-bond donors (Lipinski definition) is 0. The smallest absolute Gasteiger partial charge is 0.236 e. The van der Waals surface area contributed by atoms with Gasteiger partial charge in [-0.25, -0.2) is 4.39 Å². The van der Waals surface area contributed by atoms with Crippen molar-refractivity contribution in [2.24, 2.45) is 5.92 Å². The molecule has 0 bridgehead atoms. The van der Waals surface area contributed by atoms with E-state index in [0.717, 1.165) is 32.4 Å². The van der Waals surface area contributed by atoms with Crippen LogP contribution in [0.1, 0.15) is 24.8 Å². The number of amides is 1. The molecule has 1 heterocycles. The van der Waals surface area contributed by atoms with Gasteiger partial charge in [-0.3, -0.25) is 4.79 Å². The number of benzene rings is 1. The molecule has 1 atom stereocenters. The molecule has 1 fully saturated rings. The second-order valence-electron chi connectivity index (χ2n) is 6.25. The maximum Gasteiger partial charge on any atom is 0.236 e. The first-order valence-electron chi connectivity index (χ1n) is 7.71. The topological polar surface area (TPSA) is 23.6 Å². The number of carbonyl (C=O) groups excluding carboxylic acids is 1. The highest BCUT2D eigenvalue weighted by Gasteiger charge is 2.23. The molecule has 0 aromatic heterocycles. The van der Waals surface area contributed by atoms with Crippen LogP contribution in [-0.2, 0) is 11.2 Å². The first-order valence-corrected chi connectivity index (χ1v) is 7.71. The Morgan fingerprint density at radius 2 is 2.05 bits per heavy atom.